The van der Waals surface area contributed by atoms with Crippen LogP contribution in [0.2, 0.25) is 0 Å². The third-order valence-electron chi connectivity index (χ3n) is 1.66. The number of hydrogen-bond acceptors (Lipinski definition) is 5. The minimum atomic E-state index is -0.769. The first kappa shape index (κ1) is 10.0. The molecule has 2 N–H and O–H groups in total. The van der Waals surface area contributed by atoms with Crippen LogP contribution in [0.25, 0.3) is 0 Å². The van der Waals surface area contributed by atoms with E-state index in [4.69, 9.17) is 5.73 Å². The lowest BCUT2D eigenvalue weighted by atomic mass is 10.0. The van der Waals surface area contributed by atoms with Crippen LogP contribution in [0.5, 0.6) is 0 Å². The summed E-state index contributed by atoms with van der Waals surface area (Å²) in [6.07, 6.45) is 0.759. The van der Waals surface area contributed by atoms with Crippen molar-refractivity contribution in [3.05, 3.63) is 4.91 Å². The van der Waals surface area contributed by atoms with Gasteiger partial charge < -0.3 is 5.73 Å². The molecule has 0 bridgehead atoms. The standard InChI is InChI=1S/C6H12N2O3/c1-3-4(2)5(7)6(9)11-8-10/h4-5H,3,7H2,1-2H3/t4-,5-/m0/s1. The van der Waals surface area contributed by atoms with Gasteiger partial charge in [-0.05, 0) is 5.92 Å². The van der Waals surface area contributed by atoms with Gasteiger partial charge in [0.1, 0.15) is 6.04 Å². The molecule has 0 heterocycles. The molecule has 5 nitrogen and oxygen atoms in total. The molecule has 0 amide bonds. The Morgan fingerprint density at radius 3 is 2.64 bits per heavy atom. The van der Waals surface area contributed by atoms with Gasteiger partial charge in [-0.15, -0.1) is 4.91 Å². The highest BCUT2D eigenvalue weighted by Gasteiger charge is 2.21. The van der Waals surface area contributed by atoms with Crippen molar-refractivity contribution < 1.29 is 9.63 Å². The Bertz CT molecular complexity index is 149. The van der Waals surface area contributed by atoms with E-state index >= 15 is 0 Å². The van der Waals surface area contributed by atoms with E-state index in [2.05, 4.69) is 4.84 Å². The van der Waals surface area contributed by atoms with Crippen molar-refractivity contribution in [3.8, 4) is 0 Å². The van der Waals surface area contributed by atoms with Crippen LogP contribution in [0.4, 0.5) is 0 Å². The number of nitrogens with zero attached hydrogens (tertiary/aromatic N) is 1. The van der Waals surface area contributed by atoms with Crippen molar-refractivity contribution in [2.24, 2.45) is 17.0 Å². The smallest absolute Gasteiger partial charge is 0.318 e. The first-order chi connectivity index (χ1) is 5.13. The van der Waals surface area contributed by atoms with E-state index in [0.29, 0.717) is 0 Å². The topological polar surface area (TPSA) is 81.8 Å². The Labute approximate surface area is 64.8 Å². The summed E-state index contributed by atoms with van der Waals surface area (Å²) < 4.78 is 0. The monoisotopic (exact) mass is 160 g/mol. The lowest BCUT2D eigenvalue weighted by molar-refractivity contribution is -0.146. The molecule has 0 aliphatic carbocycles. The predicted molar refractivity (Wildman–Crippen MR) is 39.3 cm³/mol. The Morgan fingerprint density at radius 1 is 1.73 bits per heavy atom. The molecule has 0 radical (unpaired) electrons. The normalized spacial score (nSPS) is 15.2. The molecule has 64 valence electrons. The molecular formula is C6H12N2O3. The van der Waals surface area contributed by atoms with E-state index in [-0.39, 0.29) is 5.92 Å². The van der Waals surface area contributed by atoms with Gasteiger partial charge >= 0.3 is 5.97 Å². The van der Waals surface area contributed by atoms with Gasteiger partial charge in [-0.2, -0.15) is 0 Å². The SMILES string of the molecule is CC[C@H](C)[C@H](N)C(=O)ON=O. The second-order valence-electron chi connectivity index (χ2n) is 2.40. The fourth-order valence-corrected chi connectivity index (χ4v) is 0.584. The van der Waals surface area contributed by atoms with Crippen LogP contribution in [0.1, 0.15) is 20.3 Å². The van der Waals surface area contributed by atoms with Crippen LogP contribution in [0.3, 0.4) is 0 Å². The van der Waals surface area contributed by atoms with E-state index in [1.54, 1.807) is 6.92 Å². The molecule has 0 fully saturated rings. The fraction of sp³-hybridized carbons (Fsp3) is 0.833. The van der Waals surface area contributed by atoms with Crippen LogP contribution in [0.15, 0.2) is 5.34 Å². The zero-order valence-electron chi connectivity index (χ0n) is 6.61. The predicted octanol–water partition coefficient (Wildman–Crippen LogP) is 0.584. The Hall–Kier alpha value is -0.970. The molecule has 5 heteroatoms. The lowest BCUT2D eigenvalue weighted by Gasteiger charge is -2.13. The van der Waals surface area contributed by atoms with Crippen LogP contribution < -0.4 is 5.73 Å². The molecule has 0 aliphatic rings. The van der Waals surface area contributed by atoms with E-state index in [0.717, 1.165) is 6.42 Å². The molecule has 0 aromatic rings. The molecule has 2 atom stereocenters. The van der Waals surface area contributed by atoms with Crippen molar-refractivity contribution in [3.63, 3.8) is 0 Å². The summed E-state index contributed by atoms with van der Waals surface area (Å²) >= 11 is 0. The molecule has 0 rings (SSSR count). The Morgan fingerprint density at radius 2 is 2.27 bits per heavy atom. The second kappa shape index (κ2) is 4.79. The number of carbonyl (C=O) groups is 1. The summed E-state index contributed by atoms with van der Waals surface area (Å²) in [4.78, 5) is 24.0. The van der Waals surface area contributed by atoms with Gasteiger partial charge in [-0.25, -0.2) is 4.79 Å². The fourth-order valence-electron chi connectivity index (χ4n) is 0.584. The van der Waals surface area contributed by atoms with Gasteiger partial charge in [-0.1, -0.05) is 20.3 Å². The summed E-state index contributed by atoms with van der Waals surface area (Å²) in [5.41, 5.74) is 5.38. The second-order valence-corrected chi connectivity index (χ2v) is 2.40. The summed E-state index contributed by atoms with van der Waals surface area (Å²) in [6.45, 7) is 3.70. The van der Waals surface area contributed by atoms with Crippen LogP contribution in [-0.4, -0.2) is 12.0 Å². The highest BCUT2D eigenvalue weighted by Crippen LogP contribution is 2.06. The molecule has 0 saturated carbocycles. The lowest BCUT2D eigenvalue weighted by Crippen LogP contribution is -2.37. The van der Waals surface area contributed by atoms with E-state index in [1.807, 2.05) is 12.3 Å². The summed E-state index contributed by atoms with van der Waals surface area (Å²) in [5.74, 6) is -0.765. The molecule has 0 unspecified atom stereocenters. The van der Waals surface area contributed by atoms with E-state index in [1.165, 1.54) is 0 Å². The summed E-state index contributed by atoms with van der Waals surface area (Å²) in [7, 11) is 0. The maximum Gasteiger partial charge on any atom is 0.355 e. The van der Waals surface area contributed by atoms with Crippen LogP contribution in [0, 0.1) is 10.8 Å². The molecule has 0 aliphatic heterocycles. The molecule has 0 spiro atoms. The highest BCUT2D eigenvalue weighted by molar-refractivity contribution is 5.75. The maximum absolute atomic E-state index is 10.7. The number of carbonyl (C=O) groups excluding carboxylic acids is 1. The zero-order valence-corrected chi connectivity index (χ0v) is 6.61. The minimum Gasteiger partial charge on any atom is -0.318 e. The molecule has 0 saturated heterocycles. The number of rotatable bonds is 4. The Balaban J connectivity index is 3.90. The quantitative estimate of drug-likeness (QED) is 0.481. The zero-order chi connectivity index (χ0) is 8.85. The highest BCUT2D eigenvalue weighted by atomic mass is 16.7. The third kappa shape index (κ3) is 3.08. The average molecular weight is 160 g/mol. The van der Waals surface area contributed by atoms with Gasteiger partial charge in [0, 0.05) is 0 Å². The first-order valence-electron chi connectivity index (χ1n) is 3.42. The van der Waals surface area contributed by atoms with Gasteiger partial charge in [0.15, 0.2) is 5.34 Å². The summed E-state index contributed by atoms with van der Waals surface area (Å²) in [5, 5.41) is 1.99. The van der Waals surface area contributed by atoms with Gasteiger partial charge in [0.25, 0.3) is 0 Å². The van der Waals surface area contributed by atoms with E-state index < -0.39 is 12.0 Å². The minimum absolute atomic E-state index is 0.00394. The van der Waals surface area contributed by atoms with Gasteiger partial charge in [0.05, 0.1) is 0 Å². The number of nitrogens with two attached hydrogens (primary N) is 1. The first-order valence-corrected chi connectivity index (χ1v) is 3.42. The summed E-state index contributed by atoms with van der Waals surface area (Å²) in [6, 6.07) is -0.752. The van der Waals surface area contributed by atoms with Gasteiger partial charge in [0.2, 0.25) is 0 Å². The largest absolute Gasteiger partial charge is 0.355 e. The number of hydrogen-bond donors (Lipinski definition) is 1. The van der Waals surface area contributed by atoms with Gasteiger partial charge in [-0.3, -0.25) is 4.84 Å². The Kier molecular flexibility index (Phi) is 4.36. The molecule has 11 heavy (non-hydrogen) atoms. The average Bonchev–Trinajstić information content (AvgIpc) is 2.02. The third-order valence-corrected chi connectivity index (χ3v) is 1.66. The van der Waals surface area contributed by atoms with E-state index in [9.17, 15) is 9.70 Å². The molecule has 0 aromatic carbocycles. The van der Waals surface area contributed by atoms with Crippen molar-refractivity contribution in [1.29, 1.82) is 0 Å². The molecular weight excluding hydrogens is 148 g/mol. The van der Waals surface area contributed by atoms with Crippen molar-refractivity contribution >= 4 is 5.97 Å². The molecule has 0 aromatic heterocycles. The van der Waals surface area contributed by atoms with Crippen LogP contribution >= 0.6 is 0 Å². The maximum atomic E-state index is 10.7. The van der Waals surface area contributed by atoms with Crippen molar-refractivity contribution in [2.45, 2.75) is 26.3 Å². The van der Waals surface area contributed by atoms with Crippen molar-refractivity contribution in [1.82, 2.24) is 0 Å². The van der Waals surface area contributed by atoms with Crippen LogP contribution in [-0.2, 0) is 9.63 Å². The van der Waals surface area contributed by atoms with Crippen molar-refractivity contribution in [2.75, 3.05) is 0 Å².